The number of nitrogens with zero attached hydrogens (tertiary/aromatic N) is 6. The summed E-state index contributed by atoms with van der Waals surface area (Å²) in [5.41, 5.74) is 3.34. The van der Waals surface area contributed by atoms with Gasteiger partial charge in [-0.1, -0.05) is 0 Å². The van der Waals surface area contributed by atoms with Crippen molar-refractivity contribution in [3.05, 3.63) is 48.5 Å². The first-order valence-corrected chi connectivity index (χ1v) is 9.58. The quantitative estimate of drug-likeness (QED) is 0.553. The van der Waals surface area contributed by atoms with Gasteiger partial charge in [0.2, 0.25) is 0 Å². The maximum absolute atomic E-state index is 13.0. The van der Waals surface area contributed by atoms with Gasteiger partial charge in [-0.05, 0) is 31.0 Å². The third kappa shape index (κ3) is 3.19. The predicted molar refractivity (Wildman–Crippen MR) is 109 cm³/mol. The molecule has 0 bridgehead atoms. The van der Waals surface area contributed by atoms with Gasteiger partial charge < -0.3 is 15.3 Å². The Morgan fingerprint density at radius 3 is 2.93 bits per heavy atom. The molecule has 4 heterocycles. The van der Waals surface area contributed by atoms with Crippen molar-refractivity contribution in [2.24, 2.45) is 7.05 Å². The van der Waals surface area contributed by atoms with Crippen LogP contribution in [0.2, 0.25) is 0 Å². The number of rotatable bonds is 3. The number of aryl methyl sites for hydroxylation is 1. The SMILES string of the molecule is Cn1cc2cc(N3CCC(O)CC3)c(NC(=O)c3cnn4cccnc34)cc2n1. The molecule has 148 valence electrons. The zero-order chi connectivity index (χ0) is 20.0. The maximum atomic E-state index is 13.0. The molecule has 2 N–H and O–H groups in total. The van der Waals surface area contributed by atoms with Gasteiger partial charge in [0.15, 0.2) is 5.65 Å². The van der Waals surface area contributed by atoms with E-state index in [0.717, 1.165) is 29.7 Å². The molecule has 4 aromatic rings. The maximum Gasteiger partial charge on any atom is 0.261 e. The number of amides is 1. The number of carbonyl (C=O) groups is 1. The second-order valence-corrected chi connectivity index (χ2v) is 7.35. The van der Waals surface area contributed by atoms with Crippen molar-refractivity contribution in [2.45, 2.75) is 18.9 Å². The van der Waals surface area contributed by atoms with E-state index < -0.39 is 0 Å². The molecule has 1 amide bonds. The Labute approximate surface area is 166 Å². The van der Waals surface area contributed by atoms with Crippen LogP contribution >= 0.6 is 0 Å². The molecule has 9 heteroatoms. The topological polar surface area (TPSA) is 101 Å². The molecule has 1 saturated heterocycles. The summed E-state index contributed by atoms with van der Waals surface area (Å²) in [5.74, 6) is -0.271. The summed E-state index contributed by atoms with van der Waals surface area (Å²) < 4.78 is 3.33. The van der Waals surface area contributed by atoms with E-state index in [9.17, 15) is 9.90 Å². The molecule has 29 heavy (non-hydrogen) atoms. The first-order valence-electron chi connectivity index (χ1n) is 9.58. The summed E-state index contributed by atoms with van der Waals surface area (Å²) in [6, 6.07) is 5.70. The molecule has 5 rings (SSSR count). The molecule has 1 aliphatic heterocycles. The van der Waals surface area contributed by atoms with Crippen molar-refractivity contribution >= 4 is 33.8 Å². The van der Waals surface area contributed by atoms with Crippen LogP contribution in [0.3, 0.4) is 0 Å². The van der Waals surface area contributed by atoms with Crippen LogP contribution in [0.4, 0.5) is 11.4 Å². The van der Waals surface area contributed by atoms with E-state index in [0.29, 0.717) is 29.7 Å². The van der Waals surface area contributed by atoms with E-state index in [1.165, 1.54) is 6.20 Å². The molecule has 0 atom stereocenters. The standard InChI is InChI=1S/C20H21N7O2/c1-25-12-13-9-18(26-7-3-14(28)4-8-26)17(10-16(13)24-25)23-20(29)15-11-22-27-6-2-5-21-19(15)27/h2,5-6,9-12,14,28H,3-4,7-8H2,1H3,(H,23,29). The van der Waals surface area contributed by atoms with Gasteiger partial charge in [0.1, 0.15) is 5.56 Å². The van der Waals surface area contributed by atoms with E-state index >= 15 is 0 Å². The number of aliphatic hydroxyl groups excluding tert-OH is 1. The van der Waals surface area contributed by atoms with Crippen molar-refractivity contribution in [3.63, 3.8) is 0 Å². The van der Waals surface area contributed by atoms with Gasteiger partial charge in [0.25, 0.3) is 5.91 Å². The zero-order valence-corrected chi connectivity index (χ0v) is 16.0. The van der Waals surface area contributed by atoms with Crippen LogP contribution < -0.4 is 10.2 Å². The van der Waals surface area contributed by atoms with Crippen LogP contribution in [0.5, 0.6) is 0 Å². The van der Waals surface area contributed by atoms with E-state index in [1.807, 2.05) is 25.4 Å². The third-order valence-corrected chi connectivity index (χ3v) is 5.31. The summed E-state index contributed by atoms with van der Waals surface area (Å²) in [5, 5.41) is 22.6. The van der Waals surface area contributed by atoms with Crippen LogP contribution in [-0.2, 0) is 7.05 Å². The monoisotopic (exact) mass is 391 g/mol. The van der Waals surface area contributed by atoms with Crippen molar-refractivity contribution in [1.82, 2.24) is 24.4 Å². The smallest absolute Gasteiger partial charge is 0.261 e. The lowest BCUT2D eigenvalue weighted by Gasteiger charge is -2.32. The Kier molecular flexibility index (Phi) is 4.17. The molecule has 1 aliphatic rings. The first-order chi connectivity index (χ1) is 14.1. The number of fused-ring (bicyclic) bond motifs is 2. The van der Waals surface area contributed by atoms with Crippen LogP contribution in [0.1, 0.15) is 23.2 Å². The lowest BCUT2D eigenvalue weighted by Crippen LogP contribution is -2.36. The summed E-state index contributed by atoms with van der Waals surface area (Å²) in [6.45, 7) is 1.46. The minimum absolute atomic E-state index is 0.267. The molecule has 0 unspecified atom stereocenters. The van der Waals surface area contributed by atoms with Gasteiger partial charge in [-0.3, -0.25) is 9.48 Å². The van der Waals surface area contributed by atoms with Gasteiger partial charge in [-0.25, -0.2) is 9.50 Å². The van der Waals surface area contributed by atoms with Crippen LogP contribution in [0.15, 0.2) is 43.0 Å². The van der Waals surface area contributed by atoms with Crippen LogP contribution in [0, 0.1) is 0 Å². The third-order valence-electron chi connectivity index (χ3n) is 5.31. The number of benzene rings is 1. The normalized spacial score (nSPS) is 15.3. The number of hydrogen-bond donors (Lipinski definition) is 2. The minimum atomic E-state index is -0.271. The number of aliphatic hydroxyl groups is 1. The van der Waals surface area contributed by atoms with Gasteiger partial charge in [0.05, 0.1) is 29.2 Å². The second kappa shape index (κ2) is 6.85. The molecule has 0 radical (unpaired) electrons. The fourth-order valence-electron chi connectivity index (χ4n) is 3.83. The predicted octanol–water partition coefficient (Wildman–Crippen LogP) is 1.83. The number of anilines is 2. The average molecular weight is 391 g/mol. The van der Waals surface area contributed by atoms with Crippen LogP contribution in [0.25, 0.3) is 16.6 Å². The highest BCUT2D eigenvalue weighted by Gasteiger charge is 2.22. The Morgan fingerprint density at radius 1 is 1.28 bits per heavy atom. The Morgan fingerprint density at radius 2 is 2.10 bits per heavy atom. The lowest BCUT2D eigenvalue weighted by molar-refractivity contribution is 0.102. The Balaban J connectivity index is 1.54. The highest BCUT2D eigenvalue weighted by Crippen LogP contribution is 2.33. The summed E-state index contributed by atoms with van der Waals surface area (Å²) in [7, 11) is 1.87. The van der Waals surface area contributed by atoms with E-state index in [4.69, 9.17) is 0 Å². The summed E-state index contributed by atoms with van der Waals surface area (Å²) in [6.07, 6.45) is 8.01. The van der Waals surface area contributed by atoms with Crippen LogP contribution in [-0.4, -0.2) is 54.6 Å². The Hall–Kier alpha value is -3.46. The molecule has 0 aliphatic carbocycles. The van der Waals surface area contributed by atoms with Gasteiger partial charge in [-0.15, -0.1) is 0 Å². The molecular formula is C20H21N7O2. The molecule has 1 fully saturated rings. The summed E-state index contributed by atoms with van der Waals surface area (Å²) >= 11 is 0. The van der Waals surface area contributed by atoms with E-state index in [1.54, 1.807) is 27.7 Å². The minimum Gasteiger partial charge on any atom is -0.393 e. The highest BCUT2D eigenvalue weighted by molar-refractivity contribution is 6.10. The largest absolute Gasteiger partial charge is 0.393 e. The van der Waals surface area contributed by atoms with Crippen molar-refractivity contribution in [3.8, 4) is 0 Å². The molecule has 3 aromatic heterocycles. The fraction of sp³-hybridized carbons (Fsp3) is 0.300. The summed E-state index contributed by atoms with van der Waals surface area (Å²) in [4.78, 5) is 19.5. The number of hydrogen-bond acceptors (Lipinski definition) is 6. The lowest BCUT2D eigenvalue weighted by atomic mass is 10.1. The number of carbonyl (C=O) groups excluding carboxylic acids is 1. The number of piperidine rings is 1. The second-order valence-electron chi connectivity index (χ2n) is 7.35. The highest BCUT2D eigenvalue weighted by atomic mass is 16.3. The van der Waals surface area contributed by atoms with Crippen molar-refractivity contribution in [2.75, 3.05) is 23.3 Å². The van der Waals surface area contributed by atoms with Crippen molar-refractivity contribution < 1.29 is 9.90 Å². The van der Waals surface area contributed by atoms with Gasteiger partial charge in [0, 0.05) is 44.1 Å². The number of aromatic nitrogens is 5. The molecule has 9 nitrogen and oxygen atoms in total. The number of nitrogens with one attached hydrogen (secondary N) is 1. The van der Waals surface area contributed by atoms with Gasteiger partial charge in [-0.2, -0.15) is 10.2 Å². The molecule has 1 aromatic carbocycles. The van der Waals surface area contributed by atoms with E-state index in [2.05, 4.69) is 25.4 Å². The fourth-order valence-corrected chi connectivity index (χ4v) is 3.83. The zero-order valence-electron chi connectivity index (χ0n) is 16.0. The molecular weight excluding hydrogens is 370 g/mol. The van der Waals surface area contributed by atoms with Crippen molar-refractivity contribution in [1.29, 1.82) is 0 Å². The molecule has 0 saturated carbocycles. The molecule has 0 spiro atoms. The van der Waals surface area contributed by atoms with Gasteiger partial charge >= 0.3 is 0 Å². The average Bonchev–Trinajstić information content (AvgIpc) is 3.30. The van der Waals surface area contributed by atoms with E-state index in [-0.39, 0.29) is 12.0 Å². The first kappa shape index (κ1) is 17.6. The Bertz CT molecular complexity index is 1200.